The molecule has 31 heavy (non-hydrogen) atoms. The Labute approximate surface area is 184 Å². The molecule has 4 heteroatoms. The molecule has 1 aromatic heterocycles. The lowest BCUT2D eigenvalue weighted by atomic mass is 9.90. The van der Waals surface area contributed by atoms with Crippen LogP contribution in [0.2, 0.25) is 0 Å². The number of nitrogens with one attached hydrogen (secondary N) is 1. The normalized spacial score (nSPS) is 11.6. The number of carbonyl (C=O) groups excluding carboxylic acids is 1. The minimum atomic E-state index is -0.392. The fraction of sp³-hybridized carbons (Fsp3) is 0.0370. The van der Waals surface area contributed by atoms with E-state index in [1.807, 2.05) is 60.7 Å². The molecule has 1 heterocycles. The van der Waals surface area contributed by atoms with Crippen molar-refractivity contribution < 1.29 is 4.79 Å². The van der Waals surface area contributed by atoms with Crippen LogP contribution in [-0.4, -0.2) is 10.9 Å². The van der Waals surface area contributed by atoms with E-state index < -0.39 is 5.92 Å². The van der Waals surface area contributed by atoms with E-state index in [9.17, 15) is 4.79 Å². The van der Waals surface area contributed by atoms with Crippen LogP contribution >= 0.6 is 11.3 Å². The molecule has 0 radical (unpaired) electrons. The van der Waals surface area contributed by atoms with E-state index in [2.05, 4.69) is 41.7 Å². The Morgan fingerprint density at radius 2 is 1.35 bits per heavy atom. The standard InChI is InChI=1S/C27H18N2OS/c30-26(22(17-9-3-1-4-10-17)18-11-5-2-6-12-18)29-27-28-24-20-15-7-13-19-14-8-16-21(23(19)20)25(24)31-27/h1-16,22H,(H,28,29,30). The van der Waals surface area contributed by atoms with Gasteiger partial charge in [-0.05, 0) is 21.9 Å². The maximum absolute atomic E-state index is 13.4. The number of carbonyl (C=O) groups is 1. The number of nitrogens with zero attached hydrogens (tertiary/aromatic N) is 1. The van der Waals surface area contributed by atoms with Crippen LogP contribution < -0.4 is 5.32 Å². The summed E-state index contributed by atoms with van der Waals surface area (Å²) in [5, 5.41) is 6.21. The molecule has 1 aliphatic carbocycles. The number of amides is 1. The number of anilines is 1. The van der Waals surface area contributed by atoms with E-state index in [4.69, 9.17) is 4.98 Å². The molecular weight excluding hydrogens is 400 g/mol. The number of rotatable bonds is 4. The van der Waals surface area contributed by atoms with Crippen LogP contribution in [0.15, 0.2) is 97.1 Å². The Hall–Kier alpha value is -3.76. The van der Waals surface area contributed by atoms with E-state index >= 15 is 0 Å². The van der Waals surface area contributed by atoms with Crippen molar-refractivity contribution in [1.82, 2.24) is 4.98 Å². The summed E-state index contributed by atoms with van der Waals surface area (Å²) < 4.78 is 0. The molecule has 0 bridgehead atoms. The van der Waals surface area contributed by atoms with Crippen LogP contribution in [0.3, 0.4) is 0 Å². The molecule has 5 aromatic rings. The van der Waals surface area contributed by atoms with Crippen molar-refractivity contribution in [3.8, 4) is 21.7 Å². The largest absolute Gasteiger partial charge is 0.301 e. The molecule has 1 amide bonds. The number of thiazole rings is 1. The smallest absolute Gasteiger partial charge is 0.238 e. The van der Waals surface area contributed by atoms with Crippen molar-refractivity contribution in [2.24, 2.45) is 0 Å². The van der Waals surface area contributed by atoms with Crippen molar-refractivity contribution in [2.45, 2.75) is 5.92 Å². The number of hydrogen-bond acceptors (Lipinski definition) is 3. The second-order valence-electron chi connectivity index (χ2n) is 7.65. The maximum atomic E-state index is 13.4. The summed E-state index contributed by atoms with van der Waals surface area (Å²) in [6.07, 6.45) is 0. The Morgan fingerprint density at radius 3 is 2.00 bits per heavy atom. The van der Waals surface area contributed by atoms with E-state index in [1.54, 1.807) is 11.3 Å². The molecule has 0 saturated carbocycles. The van der Waals surface area contributed by atoms with Crippen LogP contribution in [0, 0.1) is 0 Å². The highest BCUT2D eigenvalue weighted by atomic mass is 32.1. The zero-order valence-electron chi connectivity index (χ0n) is 16.6. The number of aromatic nitrogens is 1. The fourth-order valence-corrected chi connectivity index (χ4v) is 5.44. The van der Waals surface area contributed by atoms with Crippen LogP contribution in [0.4, 0.5) is 5.13 Å². The Kier molecular flexibility index (Phi) is 4.18. The molecule has 0 spiro atoms. The highest BCUT2D eigenvalue weighted by Crippen LogP contribution is 2.50. The number of hydrogen-bond donors (Lipinski definition) is 1. The summed E-state index contributed by atoms with van der Waals surface area (Å²) in [5.41, 5.74) is 5.23. The highest BCUT2D eigenvalue weighted by molar-refractivity contribution is 7.20. The van der Waals surface area contributed by atoms with Crippen molar-refractivity contribution in [3.63, 3.8) is 0 Å². The van der Waals surface area contributed by atoms with Gasteiger partial charge in [0.25, 0.3) is 0 Å². The zero-order valence-corrected chi connectivity index (χ0v) is 17.4. The molecule has 0 unspecified atom stereocenters. The molecule has 148 valence electrons. The van der Waals surface area contributed by atoms with E-state index in [0.717, 1.165) is 27.3 Å². The average molecular weight is 419 g/mol. The molecule has 1 aliphatic rings. The second-order valence-corrected chi connectivity index (χ2v) is 8.65. The summed E-state index contributed by atoms with van der Waals surface area (Å²) >= 11 is 1.54. The second kappa shape index (κ2) is 7.18. The molecular formula is C27H18N2OS. The van der Waals surface area contributed by atoms with Gasteiger partial charge in [-0.1, -0.05) is 108 Å². The van der Waals surface area contributed by atoms with Gasteiger partial charge in [0, 0.05) is 11.1 Å². The molecule has 4 aromatic carbocycles. The molecule has 0 aliphatic heterocycles. The number of fused-ring (bicyclic) bond motifs is 3. The van der Waals surface area contributed by atoms with Gasteiger partial charge in [0.2, 0.25) is 5.91 Å². The molecule has 0 saturated heterocycles. The summed E-state index contributed by atoms with van der Waals surface area (Å²) in [6, 6.07) is 32.4. The van der Waals surface area contributed by atoms with Crippen molar-refractivity contribution in [1.29, 1.82) is 0 Å². The topological polar surface area (TPSA) is 42.0 Å². The van der Waals surface area contributed by atoms with Gasteiger partial charge in [0.15, 0.2) is 5.13 Å². The third-order valence-electron chi connectivity index (χ3n) is 5.79. The van der Waals surface area contributed by atoms with Crippen LogP contribution in [0.25, 0.3) is 32.5 Å². The predicted octanol–water partition coefficient (Wildman–Crippen LogP) is 6.71. The highest BCUT2D eigenvalue weighted by Gasteiger charge is 2.28. The Balaban J connectivity index is 1.37. The summed E-state index contributed by atoms with van der Waals surface area (Å²) in [4.78, 5) is 19.4. The summed E-state index contributed by atoms with van der Waals surface area (Å²) in [6.45, 7) is 0. The third-order valence-corrected chi connectivity index (χ3v) is 6.79. The predicted molar refractivity (Wildman–Crippen MR) is 127 cm³/mol. The molecule has 0 atom stereocenters. The van der Waals surface area contributed by atoms with Gasteiger partial charge >= 0.3 is 0 Å². The van der Waals surface area contributed by atoms with Crippen molar-refractivity contribution >= 4 is 33.1 Å². The van der Waals surface area contributed by atoms with Crippen LogP contribution in [0.1, 0.15) is 17.0 Å². The first-order valence-corrected chi connectivity index (χ1v) is 11.1. The molecule has 1 N–H and O–H groups in total. The zero-order chi connectivity index (χ0) is 20.8. The first-order chi connectivity index (χ1) is 15.3. The summed E-state index contributed by atoms with van der Waals surface area (Å²) in [7, 11) is 0. The van der Waals surface area contributed by atoms with Gasteiger partial charge < -0.3 is 5.32 Å². The van der Waals surface area contributed by atoms with E-state index in [-0.39, 0.29) is 5.91 Å². The fourth-order valence-electron chi connectivity index (χ4n) is 4.43. The minimum absolute atomic E-state index is 0.0729. The van der Waals surface area contributed by atoms with Crippen LogP contribution in [-0.2, 0) is 4.79 Å². The SMILES string of the molecule is O=C(Nc1nc2c(s1)-c1cccc3cccc-2c13)C(c1ccccc1)c1ccccc1. The van der Waals surface area contributed by atoms with Gasteiger partial charge in [0.05, 0.1) is 16.5 Å². The number of benzene rings is 4. The van der Waals surface area contributed by atoms with Crippen LogP contribution in [0.5, 0.6) is 0 Å². The Bertz CT molecular complexity index is 1330. The lowest BCUT2D eigenvalue weighted by molar-refractivity contribution is -0.116. The maximum Gasteiger partial charge on any atom is 0.238 e. The van der Waals surface area contributed by atoms with Crippen molar-refractivity contribution in [2.75, 3.05) is 5.32 Å². The molecule has 3 nitrogen and oxygen atoms in total. The van der Waals surface area contributed by atoms with E-state index in [0.29, 0.717) is 5.13 Å². The van der Waals surface area contributed by atoms with Gasteiger partial charge in [-0.2, -0.15) is 0 Å². The third kappa shape index (κ3) is 2.95. The minimum Gasteiger partial charge on any atom is -0.301 e. The lowest BCUT2D eigenvalue weighted by Crippen LogP contribution is -2.22. The summed E-state index contributed by atoms with van der Waals surface area (Å²) in [5.74, 6) is -0.465. The van der Waals surface area contributed by atoms with Crippen molar-refractivity contribution in [3.05, 3.63) is 108 Å². The van der Waals surface area contributed by atoms with Gasteiger partial charge in [-0.25, -0.2) is 4.98 Å². The first kappa shape index (κ1) is 18.0. The Morgan fingerprint density at radius 1 is 0.742 bits per heavy atom. The monoisotopic (exact) mass is 418 g/mol. The van der Waals surface area contributed by atoms with E-state index in [1.165, 1.54) is 16.3 Å². The van der Waals surface area contributed by atoms with Gasteiger partial charge in [0.1, 0.15) is 0 Å². The molecule has 0 fully saturated rings. The lowest BCUT2D eigenvalue weighted by Gasteiger charge is -2.17. The first-order valence-electron chi connectivity index (χ1n) is 10.2. The van der Waals surface area contributed by atoms with Gasteiger partial charge in [-0.3, -0.25) is 4.79 Å². The van der Waals surface area contributed by atoms with Gasteiger partial charge in [-0.15, -0.1) is 0 Å². The average Bonchev–Trinajstić information content (AvgIpc) is 3.35. The quantitative estimate of drug-likeness (QED) is 0.345. The molecule has 6 rings (SSSR count).